The molecule has 1 heterocycles. The minimum absolute atomic E-state index is 0.296. The number of pyridine rings is 1. The van der Waals surface area contributed by atoms with Crippen molar-refractivity contribution < 1.29 is 9.90 Å². The molecular formula is C13H18N2O2S. The Labute approximate surface area is 111 Å². The van der Waals surface area contributed by atoms with Gasteiger partial charge in [-0.1, -0.05) is 0 Å². The first-order valence-corrected chi connectivity index (χ1v) is 7.38. The van der Waals surface area contributed by atoms with Crippen LogP contribution in [0.15, 0.2) is 12.1 Å². The number of carboxylic acid groups (broad SMARTS) is 1. The maximum atomic E-state index is 11.0. The van der Waals surface area contributed by atoms with Crippen molar-refractivity contribution in [2.24, 2.45) is 0 Å². The monoisotopic (exact) mass is 266 g/mol. The molecule has 18 heavy (non-hydrogen) atoms. The molecule has 1 aromatic rings. The maximum absolute atomic E-state index is 11.0. The van der Waals surface area contributed by atoms with E-state index in [1.807, 2.05) is 18.7 Å². The van der Waals surface area contributed by atoms with Crippen LogP contribution in [0.5, 0.6) is 0 Å². The summed E-state index contributed by atoms with van der Waals surface area (Å²) in [5.74, 6) is -0.226. The van der Waals surface area contributed by atoms with E-state index in [0.717, 1.165) is 18.5 Å². The number of aromatic nitrogens is 1. The van der Waals surface area contributed by atoms with E-state index in [2.05, 4.69) is 16.6 Å². The fraction of sp³-hybridized carbons (Fsp3) is 0.538. The van der Waals surface area contributed by atoms with Crippen LogP contribution < -0.4 is 5.32 Å². The Morgan fingerprint density at radius 3 is 2.89 bits per heavy atom. The van der Waals surface area contributed by atoms with E-state index in [4.69, 9.17) is 5.11 Å². The van der Waals surface area contributed by atoms with Gasteiger partial charge in [0.1, 0.15) is 5.82 Å². The van der Waals surface area contributed by atoms with Crippen molar-refractivity contribution in [2.45, 2.75) is 37.5 Å². The molecule has 0 aliphatic heterocycles. The van der Waals surface area contributed by atoms with Gasteiger partial charge in [-0.15, -0.1) is 0 Å². The fourth-order valence-electron chi connectivity index (χ4n) is 2.36. The summed E-state index contributed by atoms with van der Waals surface area (Å²) < 4.78 is 0. The van der Waals surface area contributed by atoms with Gasteiger partial charge in [0.2, 0.25) is 0 Å². The number of rotatable bonds is 4. The number of aromatic carboxylic acids is 1. The summed E-state index contributed by atoms with van der Waals surface area (Å²) in [7, 11) is 0. The van der Waals surface area contributed by atoms with Crippen LogP contribution in [-0.4, -0.2) is 33.6 Å². The molecule has 0 saturated heterocycles. The average Bonchev–Trinajstić information content (AvgIpc) is 2.76. The van der Waals surface area contributed by atoms with Crippen LogP contribution in [-0.2, 0) is 0 Å². The number of hydrogen-bond acceptors (Lipinski definition) is 4. The molecule has 5 heteroatoms. The van der Waals surface area contributed by atoms with E-state index >= 15 is 0 Å². The standard InChI is InChI=1S/C13H18N2O2S/c1-8-5-9(13(16)17)6-12(14-8)15-10-3-4-11(7-10)18-2/h5-6,10-11H,3-4,7H2,1-2H3,(H,14,15)(H,16,17). The normalized spacial score (nSPS) is 23.0. The third-order valence-electron chi connectivity index (χ3n) is 3.27. The summed E-state index contributed by atoms with van der Waals surface area (Å²) in [5.41, 5.74) is 1.03. The van der Waals surface area contributed by atoms with Gasteiger partial charge in [0, 0.05) is 17.0 Å². The van der Waals surface area contributed by atoms with Gasteiger partial charge in [-0.05, 0) is 44.6 Å². The minimum atomic E-state index is -0.906. The lowest BCUT2D eigenvalue weighted by atomic mass is 10.2. The van der Waals surface area contributed by atoms with E-state index in [0.29, 0.717) is 22.7 Å². The highest BCUT2D eigenvalue weighted by Crippen LogP contribution is 2.30. The highest BCUT2D eigenvalue weighted by molar-refractivity contribution is 7.99. The number of carbonyl (C=O) groups is 1. The molecule has 1 aromatic heterocycles. The van der Waals surface area contributed by atoms with Crippen molar-refractivity contribution in [3.05, 3.63) is 23.4 Å². The summed E-state index contributed by atoms with van der Waals surface area (Å²) in [6, 6.07) is 3.62. The number of anilines is 1. The molecule has 2 unspecified atom stereocenters. The van der Waals surface area contributed by atoms with Crippen molar-refractivity contribution in [2.75, 3.05) is 11.6 Å². The van der Waals surface area contributed by atoms with E-state index in [-0.39, 0.29) is 0 Å². The molecular weight excluding hydrogens is 248 g/mol. The second-order valence-corrected chi connectivity index (χ2v) is 5.84. The predicted molar refractivity (Wildman–Crippen MR) is 74.5 cm³/mol. The van der Waals surface area contributed by atoms with Gasteiger partial charge in [-0.2, -0.15) is 11.8 Å². The lowest BCUT2D eigenvalue weighted by Gasteiger charge is -2.14. The largest absolute Gasteiger partial charge is 0.478 e. The first-order valence-electron chi connectivity index (χ1n) is 6.10. The van der Waals surface area contributed by atoms with Crippen molar-refractivity contribution in [3.8, 4) is 0 Å². The number of nitrogens with zero attached hydrogens (tertiary/aromatic N) is 1. The Morgan fingerprint density at radius 2 is 2.28 bits per heavy atom. The molecule has 1 fully saturated rings. The molecule has 0 spiro atoms. The first-order chi connectivity index (χ1) is 8.58. The van der Waals surface area contributed by atoms with Gasteiger partial charge in [0.05, 0.1) is 5.56 Å². The maximum Gasteiger partial charge on any atom is 0.335 e. The lowest BCUT2D eigenvalue weighted by molar-refractivity contribution is 0.0696. The molecule has 2 N–H and O–H groups in total. The van der Waals surface area contributed by atoms with Crippen molar-refractivity contribution in [1.29, 1.82) is 0 Å². The Kier molecular flexibility index (Phi) is 4.11. The van der Waals surface area contributed by atoms with Crippen LogP contribution in [0.2, 0.25) is 0 Å². The molecule has 2 atom stereocenters. The Balaban J connectivity index is 2.07. The number of aryl methyl sites for hydroxylation is 1. The zero-order valence-corrected chi connectivity index (χ0v) is 11.5. The van der Waals surface area contributed by atoms with Gasteiger partial charge in [-0.3, -0.25) is 0 Å². The smallest absolute Gasteiger partial charge is 0.335 e. The zero-order valence-electron chi connectivity index (χ0n) is 10.6. The molecule has 1 saturated carbocycles. The second kappa shape index (κ2) is 5.61. The predicted octanol–water partition coefficient (Wildman–Crippen LogP) is 2.78. The van der Waals surface area contributed by atoms with Crippen LogP contribution in [0.3, 0.4) is 0 Å². The molecule has 0 radical (unpaired) electrons. The molecule has 1 aliphatic carbocycles. The number of hydrogen-bond donors (Lipinski definition) is 2. The average molecular weight is 266 g/mol. The summed E-state index contributed by atoms with van der Waals surface area (Å²) in [5, 5.41) is 13.1. The Bertz CT molecular complexity index is 451. The SMILES string of the molecule is CSC1CCC(Nc2cc(C(=O)O)cc(C)n2)C1. The van der Waals surface area contributed by atoms with E-state index in [1.54, 1.807) is 12.1 Å². The number of thioether (sulfide) groups is 1. The van der Waals surface area contributed by atoms with Gasteiger partial charge in [0.15, 0.2) is 0 Å². The number of carboxylic acids is 1. The third kappa shape index (κ3) is 3.16. The van der Waals surface area contributed by atoms with Crippen molar-refractivity contribution in [1.82, 2.24) is 4.98 Å². The van der Waals surface area contributed by atoms with Gasteiger partial charge < -0.3 is 10.4 Å². The molecule has 0 amide bonds. The fourth-order valence-corrected chi connectivity index (χ4v) is 3.16. The van der Waals surface area contributed by atoms with Gasteiger partial charge in [-0.25, -0.2) is 9.78 Å². The lowest BCUT2D eigenvalue weighted by Crippen LogP contribution is -2.17. The Hall–Kier alpha value is -1.23. The topological polar surface area (TPSA) is 62.2 Å². The highest BCUT2D eigenvalue weighted by atomic mass is 32.2. The summed E-state index contributed by atoms with van der Waals surface area (Å²) in [6.07, 6.45) is 5.61. The molecule has 2 rings (SSSR count). The summed E-state index contributed by atoms with van der Waals surface area (Å²) in [4.78, 5) is 15.3. The van der Waals surface area contributed by atoms with Crippen molar-refractivity contribution >= 4 is 23.5 Å². The summed E-state index contributed by atoms with van der Waals surface area (Å²) >= 11 is 1.90. The summed E-state index contributed by atoms with van der Waals surface area (Å²) in [6.45, 7) is 1.82. The molecule has 4 nitrogen and oxygen atoms in total. The van der Waals surface area contributed by atoms with E-state index < -0.39 is 5.97 Å². The third-order valence-corrected chi connectivity index (χ3v) is 4.37. The minimum Gasteiger partial charge on any atom is -0.478 e. The number of nitrogens with one attached hydrogen (secondary N) is 1. The van der Waals surface area contributed by atoms with Crippen LogP contribution in [0.1, 0.15) is 35.3 Å². The molecule has 98 valence electrons. The van der Waals surface area contributed by atoms with Crippen molar-refractivity contribution in [3.63, 3.8) is 0 Å². The molecule has 0 aromatic carbocycles. The second-order valence-electron chi connectivity index (χ2n) is 4.70. The van der Waals surface area contributed by atoms with Crippen LogP contribution in [0.25, 0.3) is 0 Å². The van der Waals surface area contributed by atoms with Crippen LogP contribution in [0.4, 0.5) is 5.82 Å². The quantitative estimate of drug-likeness (QED) is 0.877. The van der Waals surface area contributed by atoms with Crippen LogP contribution in [0, 0.1) is 6.92 Å². The zero-order chi connectivity index (χ0) is 13.1. The molecule has 1 aliphatic rings. The Morgan fingerprint density at radius 1 is 1.50 bits per heavy atom. The van der Waals surface area contributed by atoms with Gasteiger partial charge >= 0.3 is 5.97 Å². The van der Waals surface area contributed by atoms with Gasteiger partial charge in [0.25, 0.3) is 0 Å². The van der Waals surface area contributed by atoms with E-state index in [9.17, 15) is 4.79 Å². The molecule has 0 bridgehead atoms. The first kappa shape index (κ1) is 13.2. The van der Waals surface area contributed by atoms with Crippen LogP contribution >= 0.6 is 11.8 Å². The van der Waals surface area contributed by atoms with E-state index in [1.165, 1.54) is 6.42 Å². The highest BCUT2D eigenvalue weighted by Gasteiger charge is 2.24.